The van der Waals surface area contributed by atoms with Crippen LogP contribution in [0.25, 0.3) is 0 Å². The maximum absolute atomic E-state index is 9.46. The molecule has 1 saturated heterocycles. The lowest BCUT2D eigenvalue weighted by Gasteiger charge is -2.17. The van der Waals surface area contributed by atoms with Crippen LogP contribution < -0.4 is 10.6 Å². The summed E-state index contributed by atoms with van der Waals surface area (Å²) in [6.45, 7) is 1.39. The van der Waals surface area contributed by atoms with Gasteiger partial charge in [-0.05, 0) is 12.1 Å². The zero-order valence-electron chi connectivity index (χ0n) is 7.43. The second-order valence-corrected chi connectivity index (χ2v) is 3.47. The van der Waals surface area contributed by atoms with E-state index in [-0.39, 0.29) is 12.1 Å². The van der Waals surface area contributed by atoms with Crippen LogP contribution in [0.5, 0.6) is 0 Å². The van der Waals surface area contributed by atoms with Crippen molar-refractivity contribution in [1.29, 1.82) is 0 Å². The lowest BCUT2D eigenvalue weighted by Crippen LogP contribution is -2.32. The van der Waals surface area contributed by atoms with Gasteiger partial charge in [-0.15, -0.1) is 0 Å². The molecule has 1 aromatic rings. The second-order valence-electron chi connectivity index (χ2n) is 3.47. The van der Waals surface area contributed by atoms with Gasteiger partial charge in [0.2, 0.25) is 0 Å². The maximum atomic E-state index is 9.46. The Kier molecular flexibility index (Phi) is 2.20. The fourth-order valence-electron chi connectivity index (χ4n) is 1.66. The van der Waals surface area contributed by atoms with E-state index >= 15 is 0 Å². The second kappa shape index (κ2) is 3.36. The Bertz CT molecular complexity index is 266. The molecule has 0 bridgehead atoms. The molecule has 2 unspecified atom stereocenters. The van der Waals surface area contributed by atoms with Crippen LogP contribution in [0.3, 0.4) is 0 Å². The summed E-state index contributed by atoms with van der Waals surface area (Å²) in [6, 6.07) is 9.92. The number of aliphatic hydroxyl groups excluding tert-OH is 1. The van der Waals surface area contributed by atoms with Gasteiger partial charge in [-0.25, -0.2) is 0 Å². The molecule has 0 radical (unpaired) electrons. The van der Waals surface area contributed by atoms with E-state index in [4.69, 9.17) is 5.73 Å². The van der Waals surface area contributed by atoms with Crippen molar-refractivity contribution in [2.24, 2.45) is 5.73 Å². The third-order valence-corrected chi connectivity index (χ3v) is 2.45. The maximum Gasteiger partial charge on any atom is 0.0882 e. The van der Waals surface area contributed by atoms with Crippen molar-refractivity contribution in [3.8, 4) is 0 Å². The molecule has 1 heterocycles. The van der Waals surface area contributed by atoms with Crippen LogP contribution in [0.2, 0.25) is 0 Å². The molecule has 0 saturated carbocycles. The zero-order valence-corrected chi connectivity index (χ0v) is 7.43. The minimum atomic E-state index is -0.389. The third-order valence-electron chi connectivity index (χ3n) is 2.45. The summed E-state index contributed by atoms with van der Waals surface area (Å²) in [5, 5.41) is 9.46. The molecule has 3 heteroatoms. The number of hydrogen-bond donors (Lipinski definition) is 2. The fraction of sp³-hybridized carbons (Fsp3) is 0.400. The predicted octanol–water partition coefficient (Wildman–Crippen LogP) is 0.195. The van der Waals surface area contributed by atoms with Gasteiger partial charge in [0, 0.05) is 24.8 Å². The molecule has 70 valence electrons. The molecule has 0 amide bonds. The van der Waals surface area contributed by atoms with Gasteiger partial charge in [0.15, 0.2) is 0 Å². The number of β-amino-alcohol motifs (C(OH)–C–C–N with tert-alkyl or cyclic N) is 1. The molecule has 3 N–H and O–H groups in total. The van der Waals surface area contributed by atoms with Crippen molar-refractivity contribution in [2.45, 2.75) is 12.1 Å². The van der Waals surface area contributed by atoms with Gasteiger partial charge in [-0.2, -0.15) is 0 Å². The number of para-hydroxylation sites is 1. The molecule has 0 aliphatic carbocycles. The quantitative estimate of drug-likeness (QED) is 0.645. The summed E-state index contributed by atoms with van der Waals surface area (Å²) >= 11 is 0. The smallest absolute Gasteiger partial charge is 0.0882 e. The van der Waals surface area contributed by atoms with E-state index in [1.54, 1.807) is 0 Å². The number of anilines is 1. The van der Waals surface area contributed by atoms with Crippen molar-refractivity contribution in [1.82, 2.24) is 0 Å². The van der Waals surface area contributed by atoms with E-state index in [2.05, 4.69) is 4.90 Å². The molecule has 2 atom stereocenters. The van der Waals surface area contributed by atoms with Gasteiger partial charge in [-0.1, -0.05) is 18.2 Å². The molecule has 3 nitrogen and oxygen atoms in total. The Morgan fingerprint density at radius 3 is 2.46 bits per heavy atom. The van der Waals surface area contributed by atoms with Crippen LogP contribution in [0.4, 0.5) is 5.69 Å². The third kappa shape index (κ3) is 1.66. The number of aliphatic hydroxyl groups is 1. The summed E-state index contributed by atoms with van der Waals surface area (Å²) in [7, 11) is 0. The lowest BCUT2D eigenvalue weighted by atomic mass is 10.2. The molecule has 1 fully saturated rings. The molecular formula is C10H14N2O. The summed E-state index contributed by atoms with van der Waals surface area (Å²) < 4.78 is 0. The van der Waals surface area contributed by atoms with E-state index in [9.17, 15) is 5.11 Å². The minimum Gasteiger partial charge on any atom is -0.390 e. The van der Waals surface area contributed by atoms with Crippen molar-refractivity contribution in [3.05, 3.63) is 30.3 Å². The van der Waals surface area contributed by atoms with Crippen molar-refractivity contribution < 1.29 is 5.11 Å². The first kappa shape index (κ1) is 8.53. The van der Waals surface area contributed by atoms with E-state index in [0.29, 0.717) is 6.54 Å². The van der Waals surface area contributed by atoms with Gasteiger partial charge >= 0.3 is 0 Å². The SMILES string of the molecule is NC1CN(c2ccccc2)CC1O. The molecule has 1 aliphatic rings. The van der Waals surface area contributed by atoms with Crippen molar-refractivity contribution in [3.63, 3.8) is 0 Å². The van der Waals surface area contributed by atoms with E-state index in [0.717, 1.165) is 12.2 Å². The highest BCUT2D eigenvalue weighted by atomic mass is 16.3. The van der Waals surface area contributed by atoms with Gasteiger partial charge in [-0.3, -0.25) is 0 Å². The Hall–Kier alpha value is -1.06. The monoisotopic (exact) mass is 178 g/mol. The number of nitrogens with two attached hydrogens (primary N) is 1. The molecule has 0 spiro atoms. The highest BCUT2D eigenvalue weighted by Gasteiger charge is 2.27. The number of nitrogens with zero attached hydrogens (tertiary/aromatic N) is 1. The van der Waals surface area contributed by atoms with Crippen LogP contribution in [0, 0.1) is 0 Å². The van der Waals surface area contributed by atoms with Gasteiger partial charge in [0.25, 0.3) is 0 Å². The molecule has 2 rings (SSSR count). The Morgan fingerprint density at radius 2 is 1.92 bits per heavy atom. The van der Waals surface area contributed by atoms with Crippen molar-refractivity contribution >= 4 is 5.69 Å². The highest BCUT2D eigenvalue weighted by molar-refractivity contribution is 5.47. The highest BCUT2D eigenvalue weighted by Crippen LogP contribution is 2.18. The Labute approximate surface area is 77.8 Å². The largest absolute Gasteiger partial charge is 0.390 e. The first-order chi connectivity index (χ1) is 6.27. The van der Waals surface area contributed by atoms with E-state index in [1.807, 2.05) is 30.3 Å². The van der Waals surface area contributed by atoms with Gasteiger partial charge in [0.1, 0.15) is 0 Å². The van der Waals surface area contributed by atoms with Crippen LogP contribution in [-0.2, 0) is 0 Å². The predicted molar refractivity (Wildman–Crippen MR) is 52.6 cm³/mol. The summed E-state index contributed by atoms with van der Waals surface area (Å²) in [4.78, 5) is 2.11. The minimum absolute atomic E-state index is 0.111. The number of rotatable bonds is 1. The Balaban J connectivity index is 2.12. The van der Waals surface area contributed by atoms with Crippen molar-refractivity contribution in [2.75, 3.05) is 18.0 Å². The van der Waals surface area contributed by atoms with Gasteiger partial charge < -0.3 is 15.7 Å². The molecule has 1 aliphatic heterocycles. The number of hydrogen-bond acceptors (Lipinski definition) is 3. The standard InChI is InChI=1S/C10H14N2O/c11-9-6-12(7-10(9)13)8-4-2-1-3-5-8/h1-5,9-10,13H,6-7,11H2. The molecule has 1 aromatic carbocycles. The Morgan fingerprint density at radius 1 is 1.23 bits per heavy atom. The summed E-state index contributed by atoms with van der Waals surface area (Å²) in [5.74, 6) is 0. The molecular weight excluding hydrogens is 164 g/mol. The molecule has 13 heavy (non-hydrogen) atoms. The first-order valence-electron chi connectivity index (χ1n) is 4.51. The van der Waals surface area contributed by atoms with Crippen LogP contribution >= 0.6 is 0 Å². The average molecular weight is 178 g/mol. The van der Waals surface area contributed by atoms with E-state index < -0.39 is 0 Å². The summed E-state index contributed by atoms with van der Waals surface area (Å²) in [5.41, 5.74) is 6.85. The number of benzene rings is 1. The van der Waals surface area contributed by atoms with E-state index in [1.165, 1.54) is 0 Å². The molecule has 0 aromatic heterocycles. The fourth-order valence-corrected chi connectivity index (χ4v) is 1.66. The van der Waals surface area contributed by atoms with Crippen LogP contribution in [0.1, 0.15) is 0 Å². The van der Waals surface area contributed by atoms with Gasteiger partial charge in [0.05, 0.1) is 6.10 Å². The summed E-state index contributed by atoms with van der Waals surface area (Å²) in [6.07, 6.45) is -0.389. The average Bonchev–Trinajstić information content (AvgIpc) is 2.49. The normalized spacial score (nSPS) is 28.0. The first-order valence-corrected chi connectivity index (χ1v) is 4.51. The zero-order chi connectivity index (χ0) is 9.26. The topological polar surface area (TPSA) is 49.5 Å². The lowest BCUT2D eigenvalue weighted by molar-refractivity contribution is 0.180. The van der Waals surface area contributed by atoms with Crippen LogP contribution in [0.15, 0.2) is 30.3 Å². The van der Waals surface area contributed by atoms with Crippen LogP contribution in [-0.4, -0.2) is 30.3 Å².